The minimum absolute atomic E-state index is 0.0213. The molecular formula is C12H15ClFNO. The van der Waals surface area contributed by atoms with E-state index in [2.05, 4.69) is 4.98 Å². The molecule has 88 valence electrons. The lowest BCUT2D eigenvalue weighted by Gasteiger charge is -2.17. The number of halogens is 2. The maximum absolute atomic E-state index is 13.3. The van der Waals surface area contributed by atoms with Crippen LogP contribution in [-0.2, 0) is 6.42 Å². The van der Waals surface area contributed by atoms with E-state index in [1.807, 2.05) is 6.92 Å². The first-order valence-electron chi connectivity index (χ1n) is 5.62. The molecule has 2 nitrogen and oxygen atoms in total. The van der Waals surface area contributed by atoms with Gasteiger partial charge in [0, 0.05) is 5.92 Å². The van der Waals surface area contributed by atoms with E-state index >= 15 is 0 Å². The maximum Gasteiger partial charge on any atom is 0.160 e. The van der Waals surface area contributed by atoms with Crippen molar-refractivity contribution >= 4 is 11.6 Å². The fourth-order valence-corrected chi connectivity index (χ4v) is 2.41. The lowest BCUT2D eigenvalue weighted by Crippen LogP contribution is -2.12. The standard InChI is InChI=1S/C12H15ClFNO/c1-2-8-11(13)10(14)5-15-12(8)9(6-16)7-3-4-7/h5,7,9,16H,2-4,6H2,1H3. The second kappa shape index (κ2) is 4.68. The Morgan fingerprint density at radius 2 is 2.31 bits per heavy atom. The summed E-state index contributed by atoms with van der Waals surface area (Å²) in [5.41, 5.74) is 1.52. The molecule has 0 aromatic carbocycles. The Morgan fingerprint density at radius 3 is 2.81 bits per heavy atom. The molecule has 1 N–H and O–H groups in total. The third-order valence-electron chi connectivity index (χ3n) is 3.19. The van der Waals surface area contributed by atoms with Gasteiger partial charge in [-0.25, -0.2) is 4.39 Å². The van der Waals surface area contributed by atoms with Gasteiger partial charge in [0.15, 0.2) is 5.82 Å². The van der Waals surface area contributed by atoms with Gasteiger partial charge in [0.2, 0.25) is 0 Å². The van der Waals surface area contributed by atoms with Crippen molar-refractivity contribution < 1.29 is 9.50 Å². The van der Waals surface area contributed by atoms with Gasteiger partial charge >= 0.3 is 0 Å². The maximum atomic E-state index is 13.3. The van der Waals surface area contributed by atoms with Crippen LogP contribution in [-0.4, -0.2) is 16.7 Å². The van der Waals surface area contributed by atoms with Gasteiger partial charge in [-0.05, 0) is 30.7 Å². The third-order valence-corrected chi connectivity index (χ3v) is 3.60. The molecular weight excluding hydrogens is 229 g/mol. The van der Waals surface area contributed by atoms with Gasteiger partial charge in [0.25, 0.3) is 0 Å². The largest absolute Gasteiger partial charge is 0.396 e. The van der Waals surface area contributed by atoms with Gasteiger partial charge in [-0.3, -0.25) is 4.98 Å². The third kappa shape index (κ3) is 2.06. The van der Waals surface area contributed by atoms with Crippen molar-refractivity contribution in [2.75, 3.05) is 6.61 Å². The van der Waals surface area contributed by atoms with E-state index in [1.165, 1.54) is 0 Å². The number of aliphatic hydroxyl groups is 1. The molecule has 2 rings (SSSR count). The predicted octanol–water partition coefficient (Wildman–Crippen LogP) is 2.92. The van der Waals surface area contributed by atoms with Crippen molar-refractivity contribution in [1.29, 1.82) is 0 Å². The highest BCUT2D eigenvalue weighted by Gasteiger charge is 2.34. The Morgan fingerprint density at radius 1 is 1.62 bits per heavy atom. The summed E-state index contributed by atoms with van der Waals surface area (Å²) >= 11 is 5.93. The van der Waals surface area contributed by atoms with Gasteiger partial charge in [-0.15, -0.1) is 0 Å². The van der Waals surface area contributed by atoms with E-state index in [4.69, 9.17) is 11.6 Å². The van der Waals surface area contributed by atoms with Crippen LogP contribution in [0.3, 0.4) is 0 Å². The number of nitrogens with zero attached hydrogens (tertiary/aromatic N) is 1. The fraction of sp³-hybridized carbons (Fsp3) is 0.583. The summed E-state index contributed by atoms with van der Waals surface area (Å²) in [6.07, 6.45) is 4.03. The van der Waals surface area contributed by atoms with Crippen LogP contribution in [0.15, 0.2) is 6.20 Å². The van der Waals surface area contributed by atoms with E-state index in [0.29, 0.717) is 12.3 Å². The van der Waals surface area contributed by atoms with Crippen molar-refractivity contribution in [2.24, 2.45) is 5.92 Å². The van der Waals surface area contributed by atoms with Crippen molar-refractivity contribution in [3.05, 3.63) is 28.3 Å². The number of aromatic nitrogens is 1. The summed E-state index contributed by atoms with van der Waals surface area (Å²) in [5, 5.41) is 9.55. The van der Waals surface area contributed by atoms with Crippen LogP contribution in [0.2, 0.25) is 5.02 Å². The lowest BCUT2D eigenvalue weighted by molar-refractivity contribution is 0.250. The lowest BCUT2D eigenvalue weighted by atomic mass is 9.95. The summed E-state index contributed by atoms with van der Waals surface area (Å²) in [4.78, 5) is 4.12. The number of hydrogen-bond donors (Lipinski definition) is 1. The van der Waals surface area contributed by atoms with Crippen LogP contribution in [0.1, 0.15) is 36.9 Å². The van der Waals surface area contributed by atoms with Crippen LogP contribution in [0.5, 0.6) is 0 Å². The second-order valence-corrected chi connectivity index (χ2v) is 4.64. The van der Waals surface area contributed by atoms with Crippen LogP contribution in [0.4, 0.5) is 4.39 Å². The summed E-state index contributed by atoms with van der Waals surface area (Å²) in [7, 11) is 0. The van der Waals surface area contributed by atoms with E-state index in [0.717, 1.165) is 30.3 Å². The van der Waals surface area contributed by atoms with E-state index in [1.54, 1.807) is 0 Å². The molecule has 0 saturated heterocycles. The molecule has 1 unspecified atom stereocenters. The molecule has 1 saturated carbocycles. The molecule has 1 aliphatic carbocycles. The molecule has 0 aliphatic heterocycles. The molecule has 0 spiro atoms. The highest BCUT2D eigenvalue weighted by atomic mass is 35.5. The predicted molar refractivity (Wildman–Crippen MR) is 61.1 cm³/mol. The number of pyridine rings is 1. The first-order chi connectivity index (χ1) is 7.69. The van der Waals surface area contributed by atoms with Gasteiger partial charge in [-0.1, -0.05) is 18.5 Å². The summed E-state index contributed by atoms with van der Waals surface area (Å²) < 4.78 is 13.3. The molecule has 1 aromatic heterocycles. The highest BCUT2D eigenvalue weighted by molar-refractivity contribution is 6.31. The van der Waals surface area contributed by atoms with Gasteiger partial charge in [-0.2, -0.15) is 0 Å². The summed E-state index contributed by atoms with van der Waals surface area (Å²) in [5.74, 6) is 0.0344. The second-order valence-electron chi connectivity index (χ2n) is 4.26. The zero-order chi connectivity index (χ0) is 11.7. The normalized spacial score (nSPS) is 17.5. The van der Waals surface area contributed by atoms with Crippen LogP contribution < -0.4 is 0 Å². The molecule has 1 fully saturated rings. The van der Waals surface area contributed by atoms with Crippen molar-refractivity contribution in [1.82, 2.24) is 4.98 Å². The summed E-state index contributed by atoms with van der Waals surface area (Å²) in [6, 6.07) is 0. The van der Waals surface area contributed by atoms with Crippen LogP contribution in [0.25, 0.3) is 0 Å². The molecule has 1 aliphatic rings. The molecule has 0 bridgehead atoms. The number of hydrogen-bond acceptors (Lipinski definition) is 2. The Bertz CT molecular complexity index is 393. The van der Waals surface area contributed by atoms with Crippen LogP contribution in [0, 0.1) is 11.7 Å². The average molecular weight is 244 g/mol. The molecule has 0 amide bonds. The molecule has 1 atom stereocenters. The molecule has 1 heterocycles. The van der Waals surface area contributed by atoms with Crippen molar-refractivity contribution in [2.45, 2.75) is 32.1 Å². The van der Waals surface area contributed by atoms with E-state index in [-0.39, 0.29) is 17.5 Å². The Kier molecular flexibility index (Phi) is 3.45. The van der Waals surface area contributed by atoms with E-state index < -0.39 is 5.82 Å². The average Bonchev–Trinajstić information content (AvgIpc) is 3.09. The number of rotatable bonds is 4. The topological polar surface area (TPSA) is 33.1 Å². The monoisotopic (exact) mass is 243 g/mol. The number of aliphatic hydroxyl groups excluding tert-OH is 1. The van der Waals surface area contributed by atoms with Gasteiger partial charge in [0.05, 0.1) is 23.5 Å². The van der Waals surface area contributed by atoms with E-state index in [9.17, 15) is 9.50 Å². The van der Waals surface area contributed by atoms with Crippen molar-refractivity contribution in [3.8, 4) is 0 Å². The first kappa shape index (κ1) is 11.8. The smallest absolute Gasteiger partial charge is 0.160 e. The molecule has 16 heavy (non-hydrogen) atoms. The Hall–Kier alpha value is -0.670. The quantitative estimate of drug-likeness (QED) is 0.882. The molecule has 1 aromatic rings. The van der Waals surface area contributed by atoms with Crippen LogP contribution >= 0.6 is 11.6 Å². The molecule has 4 heteroatoms. The summed E-state index contributed by atoms with van der Waals surface area (Å²) in [6.45, 7) is 1.99. The zero-order valence-corrected chi connectivity index (χ0v) is 9.97. The minimum Gasteiger partial charge on any atom is -0.396 e. The first-order valence-corrected chi connectivity index (χ1v) is 6.00. The Balaban J connectivity index is 2.42. The highest BCUT2D eigenvalue weighted by Crippen LogP contribution is 2.43. The Labute approximate surface area is 99.5 Å². The fourth-order valence-electron chi connectivity index (χ4n) is 2.13. The van der Waals surface area contributed by atoms with Gasteiger partial charge < -0.3 is 5.11 Å². The van der Waals surface area contributed by atoms with Gasteiger partial charge in [0.1, 0.15) is 0 Å². The zero-order valence-electron chi connectivity index (χ0n) is 9.21. The van der Waals surface area contributed by atoms with Crippen molar-refractivity contribution in [3.63, 3.8) is 0 Å². The SMILES string of the molecule is CCc1c(C(CO)C2CC2)ncc(F)c1Cl. The molecule has 0 radical (unpaired) electrons. The minimum atomic E-state index is -0.477.